The summed E-state index contributed by atoms with van der Waals surface area (Å²) in [6.45, 7) is 0. The van der Waals surface area contributed by atoms with E-state index in [1.807, 2.05) is 91.0 Å². The standard InChI is InChI=1S/C14H11NO.C8H7NO/c16-15-13-9-5-4-8-12(13)10-14(15)11-6-2-1-3-7-11;10-9-6-5-7-3-1-2-4-8(7)9/h1-10,16H;1-6,10H. The molecule has 4 nitrogen and oxygen atoms in total. The molecule has 5 rings (SSSR count). The third-order valence-corrected chi connectivity index (χ3v) is 4.33. The van der Waals surface area contributed by atoms with Crippen molar-refractivity contribution in [2.75, 3.05) is 0 Å². The second-order valence-corrected chi connectivity index (χ2v) is 5.99. The van der Waals surface area contributed by atoms with E-state index in [0.29, 0.717) is 0 Å². The van der Waals surface area contributed by atoms with Crippen molar-refractivity contribution in [1.29, 1.82) is 0 Å². The van der Waals surface area contributed by atoms with Crippen molar-refractivity contribution >= 4 is 21.8 Å². The molecular formula is C22H18N2O2. The number of rotatable bonds is 1. The van der Waals surface area contributed by atoms with Crippen molar-refractivity contribution in [3.63, 3.8) is 0 Å². The summed E-state index contributed by atoms with van der Waals surface area (Å²) in [4.78, 5) is 0. The van der Waals surface area contributed by atoms with Crippen LogP contribution in [-0.4, -0.2) is 19.9 Å². The Bertz CT molecular complexity index is 1160. The van der Waals surface area contributed by atoms with Gasteiger partial charge in [-0.2, -0.15) is 9.46 Å². The van der Waals surface area contributed by atoms with Crippen molar-refractivity contribution in [2.45, 2.75) is 0 Å². The van der Waals surface area contributed by atoms with Crippen LogP contribution < -0.4 is 0 Å². The number of benzene rings is 3. The Morgan fingerprint density at radius 2 is 1.19 bits per heavy atom. The van der Waals surface area contributed by atoms with Crippen LogP contribution in [0.25, 0.3) is 33.1 Å². The van der Waals surface area contributed by atoms with Gasteiger partial charge in [0, 0.05) is 22.5 Å². The zero-order chi connectivity index (χ0) is 17.9. The molecule has 3 aromatic carbocycles. The molecule has 0 aliphatic carbocycles. The molecule has 0 fully saturated rings. The minimum Gasteiger partial charge on any atom is -0.428 e. The molecule has 0 aliphatic heterocycles. The maximum Gasteiger partial charge on any atom is 0.0878 e. The predicted octanol–water partition coefficient (Wildman–Crippen LogP) is 5.42. The average Bonchev–Trinajstić information content (AvgIpc) is 3.24. The van der Waals surface area contributed by atoms with Gasteiger partial charge in [-0.05, 0) is 24.3 Å². The molecule has 128 valence electrons. The lowest BCUT2D eigenvalue weighted by molar-refractivity contribution is 0.200. The molecular weight excluding hydrogens is 324 g/mol. The van der Waals surface area contributed by atoms with Crippen LogP contribution in [0.4, 0.5) is 0 Å². The largest absolute Gasteiger partial charge is 0.428 e. The quantitative estimate of drug-likeness (QED) is 0.399. The van der Waals surface area contributed by atoms with Crippen molar-refractivity contribution in [2.24, 2.45) is 0 Å². The van der Waals surface area contributed by atoms with Crippen LogP contribution >= 0.6 is 0 Å². The van der Waals surface area contributed by atoms with Crippen LogP contribution in [0.15, 0.2) is 97.2 Å². The van der Waals surface area contributed by atoms with Gasteiger partial charge in [-0.1, -0.05) is 66.7 Å². The third-order valence-electron chi connectivity index (χ3n) is 4.33. The van der Waals surface area contributed by atoms with E-state index >= 15 is 0 Å². The lowest BCUT2D eigenvalue weighted by atomic mass is 10.1. The van der Waals surface area contributed by atoms with E-state index in [2.05, 4.69) is 0 Å². The summed E-state index contributed by atoms with van der Waals surface area (Å²) < 4.78 is 2.36. The second-order valence-electron chi connectivity index (χ2n) is 5.99. The van der Waals surface area contributed by atoms with Crippen LogP contribution in [0.2, 0.25) is 0 Å². The molecule has 0 bridgehead atoms. The van der Waals surface area contributed by atoms with Crippen molar-refractivity contribution in [3.8, 4) is 11.3 Å². The van der Waals surface area contributed by atoms with Gasteiger partial charge in [0.05, 0.1) is 16.7 Å². The first kappa shape index (κ1) is 15.8. The zero-order valence-corrected chi connectivity index (χ0v) is 14.0. The van der Waals surface area contributed by atoms with Gasteiger partial charge in [-0.25, -0.2) is 0 Å². The van der Waals surface area contributed by atoms with E-state index in [1.54, 1.807) is 6.20 Å². The van der Waals surface area contributed by atoms with Gasteiger partial charge in [-0.15, -0.1) is 0 Å². The van der Waals surface area contributed by atoms with Gasteiger partial charge in [0.15, 0.2) is 0 Å². The summed E-state index contributed by atoms with van der Waals surface area (Å²) in [5.74, 6) is 0. The minimum atomic E-state index is 0.821. The number of nitrogens with zero attached hydrogens (tertiary/aromatic N) is 2. The van der Waals surface area contributed by atoms with E-state index in [4.69, 9.17) is 5.21 Å². The van der Waals surface area contributed by atoms with Crippen LogP contribution in [0.5, 0.6) is 0 Å². The molecule has 0 amide bonds. The topological polar surface area (TPSA) is 50.3 Å². The number of hydrogen-bond acceptors (Lipinski definition) is 2. The number of aromatic nitrogens is 2. The molecule has 2 heterocycles. The van der Waals surface area contributed by atoms with Crippen LogP contribution in [0, 0.1) is 0 Å². The molecule has 0 saturated heterocycles. The highest BCUT2D eigenvalue weighted by Crippen LogP contribution is 2.26. The van der Waals surface area contributed by atoms with E-state index in [9.17, 15) is 5.21 Å². The fourth-order valence-corrected chi connectivity index (χ4v) is 3.02. The van der Waals surface area contributed by atoms with Crippen molar-refractivity contribution in [3.05, 3.63) is 97.2 Å². The molecule has 2 N–H and O–H groups in total. The Labute approximate surface area is 150 Å². The first-order valence-electron chi connectivity index (χ1n) is 8.34. The third kappa shape index (κ3) is 2.89. The Balaban J connectivity index is 0.000000144. The van der Waals surface area contributed by atoms with E-state index in [1.165, 1.54) is 4.73 Å². The van der Waals surface area contributed by atoms with Gasteiger partial charge in [-0.3, -0.25) is 0 Å². The lowest BCUT2D eigenvalue weighted by Crippen LogP contribution is -1.92. The summed E-state index contributed by atoms with van der Waals surface area (Å²) in [5.41, 5.74) is 3.52. The van der Waals surface area contributed by atoms with E-state index < -0.39 is 0 Å². The predicted molar refractivity (Wildman–Crippen MR) is 104 cm³/mol. The van der Waals surface area contributed by atoms with Gasteiger partial charge < -0.3 is 10.4 Å². The maximum absolute atomic E-state index is 10.1. The van der Waals surface area contributed by atoms with Crippen molar-refractivity contribution < 1.29 is 10.4 Å². The summed E-state index contributed by atoms with van der Waals surface area (Å²) >= 11 is 0. The van der Waals surface area contributed by atoms with Crippen molar-refractivity contribution in [1.82, 2.24) is 9.46 Å². The monoisotopic (exact) mass is 342 g/mol. The van der Waals surface area contributed by atoms with E-state index in [0.717, 1.165) is 37.8 Å². The van der Waals surface area contributed by atoms with Gasteiger partial charge in [0.25, 0.3) is 0 Å². The summed E-state index contributed by atoms with van der Waals surface area (Å²) in [6, 6.07) is 29.2. The average molecular weight is 342 g/mol. The summed E-state index contributed by atoms with van der Waals surface area (Å²) in [7, 11) is 0. The fraction of sp³-hybridized carbons (Fsp3) is 0. The Kier molecular flexibility index (Phi) is 4.07. The molecule has 0 spiro atoms. The normalized spacial score (nSPS) is 10.6. The van der Waals surface area contributed by atoms with Crippen LogP contribution in [0.1, 0.15) is 0 Å². The van der Waals surface area contributed by atoms with Gasteiger partial charge in [0.2, 0.25) is 0 Å². The molecule has 0 unspecified atom stereocenters. The first-order chi connectivity index (χ1) is 12.7. The molecule has 0 saturated carbocycles. The highest BCUT2D eigenvalue weighted by atomic mass is 16.5. The molecule has 5 aromatic rings. The molecule has 4 heteroatoms. The Morgan fingerprint density at radius 1 is 0.577 bits per heavy atom. The van der Waals surface area contributed by atoms with Gasteiger partial charge in [0.1, 0.15) is 0 Å². The Morgan fingerprint density at radius 3 is 1.88 bits per heavy atom. The number of para-hydroxylation sites is 2. The zero-order valence-electron chi connectivity index (χ0n) is 14.0. The number of fused-ring (bicyclic) bond motifs is 2. The SMILES string of the molecule is On1c(-c2ccccc2)cc2ccccc21.On1ccc2ccccc21. The smallest absolute Gasteiger partial charge is 0.0878 e. The molecule has 0 atom stereocenters. The first-order valence-corrected chi connectivity index (χ1v) is 8.34. The highest BCUT2D eigenvalue weighted by Gasteiger charge is 2.08. The molecule has 26 heavy (non-hydrogen) atoms. The molecule has 2 aromatic heterocycles. The minimum absolute atomic E-state index is 0.821. The Hall–Kier alpha value is -3.66. The molecule has 0 radical (unpaired) electrons. The lowest BCUT2D eigenvalue weighted by Gasteiger charge is -2.01. The summed E-state index contributed by atoms with van der Waals surface area (Å²) in [6.07, 6.45) is 1.63. The van der Waals surface area contributed by atoms with Crippen LogP contribution in [-0.2, 0) is 0 Å². The number of hydrogen-bond donors (Lipinski definition) is 2. The molecule has 0 aliphatic rings. The van der Waals surface area contributed by atoms with Crippen LogP contribution in [0.3, 0.4) is 0 Å². The maximum atomic E-state index is 10.1. The fourth-order valence-electron chi connectivity index (χ4n) is 3.02. The highest BCUT2D eigenvalue weighted by molar-refractivity contribution is 5.86. The van der Waals surface area contributed by atoms with E-state index in [-0.39, 0.29) is 0 Å². The second kappa shape index (κ2) is 6.69. The summed E-state index contributed by atoms with van der Waals surface area (Å²) in [5, 5.41) is 21.3. The van der Waals surface area contributed by atoms with Gasteiger partial charge >= 0.3 is 0 Å².